The van der Waals surface area contributed by atoms with E-state index in [1.54, 1.807) is 54.6 Å². The van der Waals surface area contributed by atoms with Gasteiger partial charge in [0, 0.05) is 21.7 Å². The molecule has 0 bridgehead atoms. The lowest BCUT2D eigenvalue weighted by Crippen LogP contribution is -2.54. The van der Waals surface area contributed by atoms with Gasteiger partial charge in [-0.3, -0.25) is 19.8 Å². The fraction of sp³-hybridized carbons (Fsp3) is 0.179. The molecule has 0 aromatic heterocycles. The number of anilines is 1. The monoisotopic (exact) mass is 648 g/mol. The second-order valence-corrected chi connectivity index (χ2v) is 10.3. The van der Waals surface area contributed by atoms with Crippen molar-refractivity contribution in [3.63, 3.8) is 0 Å². The molecule has 1 saturated heterocycles. The molecule has 39 heavy (non-hydrogen) atoms. The van der Waals surface area contributed by atoms with E-state index >= 15 is 0 Å². The van der Waals surface area contributed by atoms with Crippen LogP contribution in [0.2, 0.25) is 10.0 Å². The number of hydrogen-bond donors (Lipinski definition) is 1. The van der Waals surface area contributed by atoms with Crippen LogP contribution in [0.5, 0.6) is 17.2 Å². The highest BCUT2D eigenvalue weighted by Crippen LogP contribution is 2.39. The predicted octanol–water partition coefficient (Wildman–Crippen LogP) is 6.96. The zero-order valence-corrected chi connectivity index (χ0v) is 24.8. The summed E-state index contributed by atoms with van der Waals surface area (Å²) in [5, 5.41) is 3.58. The maximum absolute atomic E-state index is 13.5. The van der Waals surface area contributed by atoms with Crippen LogP contribution in [-0.2, 0) is 16.2 Å². The smallest absolute Gasteiger partial charge is 0.270 e. The molecular formula is C28H23BrCl2N2O5S. The molecule has 1 fully saturated rings. The van der Waals surface area contributed by atoms with Gasteiger partial charge in [0.15, 0.2) is 16.6 Å². The van der Waals surface area contributed by atoms with Crippen LogP contribution in [0.4, 0.5) is 5.69 Å². The lowest BCUT2D eigenvalue weighted by molar-refractivity contribution is -0.122. The van der Waals surface area contributed by atoms with Gasteiger partial charge in [0.05, 0.1) is 23.4 Å². The Morgan fingerprint density at radius 3 is 2.49 bits per heavy atom. The van der Waals surface area contributed by atoms with Gasteiger partial charge in [-0.1, -0.05) is 35.3 Å². The molecule has 0 atom stereocenters. The van der Waals surface area contributed by atoms with Crippen molar-refractivity contribution in [2.75, 3.05) is 18.1 Å². The van der Waals surface area contributed by atoms with Crippen molar-refractivity contribution in [2.24, 2.45) is 0 Å². The standard InChI is InChI=1S/C28H23BrCl2N2O5S/c1-3-36-20-7-5-6-19(14-20)33-27(35)21(26(34)32-28(33)39)10-16-11-22(29)25(24(12-16)37-4-2)38-15-17-8-9-18(30)13-23(17)31/h5-14H,3-4,15H2,1-2H3,(H,32,34,39)/b21-10+. The van der Waals surface area contributed by atoms with Crippen LogP contribution in [0.1, 0.15) is 25.0 Å². The minimum atomic E-state index is -0.603. The molecule has 1 heterocycles. The summed E-state index contributed by atoms with van der Waals surface area (Å²) in [4.78, 5) is 27.6. The molecule has 11 heteroatoms. The molecule has 0 radical (unpaired) electrons. The van der Waals surface area contributed by atoms with Crippen LogP contribution in [0, 0.1) is 0 Å². The average molecular weight is 650 g/mol. The van der Waals surface area contributed by atoms with Crippen molar-refractivity contribution in [2.45, 2.75) is 20.5 Å². The Morgan fingerprint density at radius 1 is 1.00 bits per heavy atom. The first kappa shape index (κ1) is 28.9. The van der Waals surface area contributed by atoms with Crippen LogP contribution in [0.25, 0.3) is 6.08 Å². The molecule has 1 aliphatic rings. The molecule has 2 amide bonds. The number of hydrogen-bond acceptors (Lipinski definition) is 6. The molecule has 1 aliphatic heterocycles. The minimum absolute atomic E-state index is 0.0170. The number of ether oxygens (including phenoxy) is 3. The molecule has 3 aromatic carbocycles. The lowest BCUT2D eigenvalue weighted by Gasteiger charge is -2.29. The number of carbonyl (C=O) groups is 2. The SMILES string of the molecule is CCOc1cccc(N2C(=O)/C(=C/c3cc(Br)c(OCc4ccc(Cl)cc4Cl)c(OCC)c3)C(=O)NC2=S)c1. The lowest BCUT2D eigenvalue weighted by atomic mass is 10.1. The minimum Gasteiger partial charge on any atom is -0.494 e. The topological polar surface area (TPSA) is 77.1 Å². The van der Waals surface area contributed by atoms with Crippen molar-refractivity contribution in [3.05, 3.63) is 85.8 Å². The van der Waals surface area contributed by atoms with Gasteiger partial charge in [-0.2, -0.15) is 0 Å². The summed E-state index contributed by atoms with van der Waals surface area (Å²) in [6, 6.07) is 15.5. The number of amides is 2. The number of carbonyl (C=O) groups excluding carboxylic acids is 2. The molecule has 4 rings (SSSR count). The Kier molecular flexibility index (Phi) is 9.50. The normalized spacial score (nSPS) is 14.4. The number of nitrogens with one attached hydrogen (secondary N) is 1. The van der Waals surface area contributed by atoms with Gasteiger partial charge in [0.1, 0.15) is 17.9 Å². The first-order valence-electron chi connectivity index (χ1n) is 11.9. The van der Waals surface area contributed by atoms with Crippen LogP contribution in [-0.4, -0.2) is 30.1 Å². The van der Waals surface area contributed by atoms with Gasteiger partial charge in [-0.25, -0.2) is 0 Å². The predicted molar refractivity (Wildman–Crippen MR) is 160 cm³/mol. The van der Waals surface area contributed by atoms with E-state index in [0.29, 0.717) is 56.2 Å². The Morgan fingerprint density at radius 2 is 1.77 bits per heavy atom. The molecule has 0 unspecified atom stereocenters. The van der Waals surface area contributed by atoms with E-state index in [2.05, 4.69) is 21.2 Å². The third-order valence-corrected chi connectivity index (χ3v) is 6.98. The third-order valence-electron chi connectivity index (χ3n) is 5.52. The van der Waals surface area contributed by atoms with Crippen molar-refractivity contribution in [1.82, 2.24) is 5.32 Å². The zero-order chi connectivity index (χ0) is 28.1. The van der Waals surface area contributed by atoms with E-state index in [4.69, 9.17) is 49.6 Å². The number of nitrogens with zero attached hydrogens (tertiary/aromatic N) is 1. The summed E-state index contributed by atoms with van der Waals surface area (Å²) in [6.07, 6.45) is 1.48. The molecule has 0 aliphatic carbocycles. The molecule has 7 nitrogen and oxygen atoms in total. The fourth-order valence-electron chi connectivity index (χ4n) is 3.80. The van der Waals surface area contributed by atoms with Crippen LogP contribution in [0.15, 0.2) is 64.6 Å². The summed E-state index contributed by atoms with van der Waals surface area (Å²) in [5.74, 6) is 0.274. The van der Waals surface area contributed by atoms with E-state index in [9.17, 15) is 9.59 Å². The number of benzene rings is 3. The Hall–Kier alpha value is -3.11. The summed E-state index contributed by atoms with van der Waals surface area (Å²) in [5.41, 5.74) is 1.66. The Bertz CT molecular complexity index is 1480. The number of thiocarbonyl (C=S) groups is 1. The van der Waals surface area contributed by atoms with Crippen molar-refractivity contribution in [3.8, 4) is 17.2 Å². The molecule has 3 aromatic rings. The van der Waals surface area contributed by atoms with Crippen LogP contribution >= 0.6 is 51.3 Å². The quantitative estimate of drug-likeness (QED) is 0.153. The molecular weight excluding hydrogens is 627 g/mol. The van der Waals surface area contributed by atoms with Gasteiger partial charge in [0.25, 0.3) is 11.8 Å². The Balaban J connectivity index is 1.65. The van der Waals surface area contributed by atoms with Gasteiger partial charge in [-0.15, -0.1) is 0 Å². The molecule has 1 N–H and O–H groups in total. The summed E-state index contributed by atoms with van der Waals surface area (Å²) < 4.78 is 18.0. The second kappa shape index (κ2) is 12.8. The van der Waals surface area contributed by atoms with E-state index < -0.39 is 11.8 Å². The summed E-state index contributed by atoms with van der Waals surface area (Å²) in [6.45, 7) is 4.70. The molecule has 0 saturated carbocycles. The van der Waals surface area contributed by atoms with E-state index in [1.165, 1.54) is 11.0 Å². The fourth-order valence-corrected chi connectivity index (χ4v) is 5.12. The van der Waals surface area contributed by atoms with Crippen LogP contribution in [0.3, 0.4) is 0 Å². The van der Waals surface area contributed by atoms with Gasteiger partial charge >= 0.3 is 0 Å². The van der Waals surface area contributed by atoms with E-state index in [0.717, 1.165) is 5.56 Å². The summed E-state index contributed by atoms with van der Waals surface area (Å²) >= 11 is 21.1. The molecule has 202 valence electrons. The average Bonchev–Trinajstić information content (AvgIpc) is 2.87. The maximum atomic E-state index is 13.5. The highest BCUT2D eigenvalue weighted by molar-refractivity contribution is 9.10. The van der Waals surface area contributed by atoms with Gasteiger partial charge < -0.3 is 14.2 Å². The number of rotatable bonds is 9. The highest BCUT2D eigenvalue weighted by atomic mass is 79.9. The van der Waals surface area contributed by atoms with Crippen LogP contribution < -0.4 is 24.4 Å². The summed E-state index contributed by atoms with van der Waals surface area (Å²) in [7, 11) is 0. The van der Waals surface area contributed by atoms with E-state index in [1.807, 2.05) is 13.8 Å². The van der Waals surface area contributed by atoms with Gasteiger partial charge in [0.2, 0.25) is 0 Å². The molecule has 0 spiro atoms. The third kappa shape index (κ3) is 6.73. The van der Waals surface area contributed by atoms with E-state index in [-0.39, 0.29) is 17.3 Å². The van der Waals surface area contributed by atoms with Gasteiger partial charge in [-0.05, 0) is 90.0 Å². The first-order valence-corrected chi connectivity index (χ1v) is 13.8. The zero-order valence-electron chi connectivity index (χ0n) is 20.9. The Labute approximate surface area is 249 Å². The van der Waals surface area contributed by atoms with Crippen molar-refractivity contribution in [1.29, 1.82) is 0 Å². The van der Waals surface area contributed by atoms with Crippen molar-refractivity contribution >= 4 is 80.0 Å². The second-order valence-electron chi connectivity index (χ2n) is 8.18. The largest absolute Gasteiger partial charge is 0.494 e. The first-order chi connectivity index (χ1) is 18.7. The number of halogens is 3. The highest BCUT2D eigenvalue weighted by Gasteiger charge is 2.34. The van der Waals surface area contributed by atoms with Crippen molar-refractivity contribution < 1.29 is 23.8 Å². The maximum Gasteiger partial charge on any atom is 0.270 e.